The summed E-state index contributed by atoms with van der Waals surface area (Å²) in [4.78, 5) is 6.72. The molecule has 0 saturated carbocycles. The summed E-state index contributed by atoms with van der Waals surface area (Å²) >= 11 is 5.66. The van der Waals surface area contributed by atoms with E-state index in [9.17, 15) is 5.11 Å². The van der Waals surface area contributed by atoms with Crippen molar-refractivity contribution in [2.75, 3.05) is 20.3 Å². The van der Waals surface area contributed by atoms with Crippen LogP contribution in [0.2, 0.25) is 0 Å². The van der Waals surface area contributed by atoms with Crippen LogP contribution in [-0.2, 0) is 0 Å². The van der Waals surface area contributed by atoms with Gasteiger partial charge in [-0.3, -0.25) is 4.98 Å². The molecule has 3 aromatic rings. The van der Waals surface area contributed by atoms with Gasteiger partial charge in [-0.2, -0.15) is 0 Å². The van der Waals surface area contributed by atoms with Crippen molar-refractivity contribution in [2.45, 2.75) is 18.5 Å². The number of benzene rings is 1. The Hall–Kier alpha value is -2.90. The van der Waals surface area contributed by atoms with Crippen molar-refractivity contribution in [3.05, 3.63) is 78.4 Å². The second-order valence-corrected chi connectivity index (χ2v) is 7.26. The van der Waals surface area contributed by atoms with E-state index in [0.29, 0.717) is 18.1 Å². The Labute approximate surface area is 175 Å². The topological polar surface area (TPSA) is 62.5 Å². The van der Waals surface area contributed by atoms with Crippen molar-refractivity contribution in [3.8, 4) is 11.4 Å². The largest absolute Gasteiger partial charge is 0.495 e. The lowest BCUT2D eigenvalue weighted by atomic mass is 10.0. The van der Waals surface area contributed by atoms with Crippen LogP contribution < -0.4 is 10.1 Å². The van der Waals surface area contributed by atoms with Gasteiger partial charge in [0.1, 0.15) is 5.75 Å². The molecule has 1 aromatic carbocycles. The summed E-state index contributed by atoms with van der Waals surface area (Å²) in [6.45, 7) is 0.779. The minimum atomic E-state index is -0.0919. The molecule has 150 valence electrons. The summed E-state index contributed by atoms with van der Waals surface area (Å²) in [7, 11) is 1.68. The highest BCUT2D eigenvalue weighted by Crippen LogP contribution is 2.40. The molecule has 0 bridgehead atoms. The maximum atomic E-state index is 9.39. The number of aromatic nitrogens is 2. The minimum Gasteiger partial charge on any atom is -0.495 e. The van der Waals surface area contributed by atoms with Gasteiger partial charge in [-0.05, 0) is 55.0 Å². The third-order valence-electron chi connectivity index (χ3n) is 5.18. The van der Waals surface area contributed by atoms with Gasteiger partial charge in [0.15, 0.2) is 5.11 Å². The molecule has 7 heteroatoms. The highest BCUT2D eigenvalue weighted by atomic mass is 32.1. The monoisotopic (exact) mass is 408 g/mol. The molecule has 0 amide bonds. The van der Waals surface area contributed by atoms with Crippen LogP contribution in [0.25, 0.3) is 5.69 Å². The lowest BCUT2D eigenvalue weighted by Crippen LogP contribution is -2.31. The van der Waals surface area contributed by atoms with Gasteiger partial charge in [0.25, 0.3) is 0 Å². The second kappa shape index (κ2) is 8.63. The van der Waals surface area contributed by atoms with E-state index in [-0.39, 0.29) is 18.7 Å². The molecular formula is C22H24N4O2S. The molecule has 1 aliphatic rings. The summed E-state index contributed by atoms with van der Waals surface area (Å²) in [5.74, 6) is 0.801. The number of methoxy groups -OCH3 is 1. The standard InChI is InChI=1S/C22H24N4O2S/c1-28-19-11-3-2-9-17(19)25-13-6-10-18(25)21-20(16-8-4-5-12-23-16)24-22(29)26(21)14-7-15-27/h2-6,8-13,20-21,27H,7,14-15H2,1H3,(H,24,29)/t20-,21-/m1/s1. The summed E-state index contributed by atoms with van der Waals surface area (Å²) < 4.78 is 7.73. The molecule has 2 atom stereocenters. The van der Waals surface area contributed by atoms with E-state index in [0.717, 1.165) is 22.8 Å². The molecule has 1 fully saturated rings. The molecule has 0 unspecified atom stereocenters. The number of hydrogen-bond donors (Lipinski definition) is 2. The van der Waals surface area contributed by atoms with Crippen molar-refractivity contribution in [2.24, 2.45) is 0 Å². The predicted molar refractivity (Wildman–Crippen MR) is 116 cm³/mol. The number of nitrogens with zero attached hydrogens (tertiary/aromatic N) is 3. The lowest BCUT2D eigenvalue weighted by molar-refractivity contribution is 0.244. The van der Waals surface area contributed by atoms with Crippen LogP contribution in [0.3, 0.4) is 0 Å². The van der Waals surface area contributed by atoms with Gasteiger partial charge in [0.05, 0.1) is 30.6 Å². The van der Waals surface area contributed by atoms with Crippen LogP contribution in [0.5, 0.6) is 5.75 Å². The van der Waals surface area contributed by atoms with Gasteiger partial charge < -0.3 is 24.6 Å². The van der Waals surface area contributed by atoms with Crippen LogP contribution in [-0.4, -0.2) is 44.9 Å². The Bertz CT molecular complexity index is 976. The maximum absolute atomic E-state index is 9.39. The van der Waals surface area contributed by atoms with Gasteiger partial charge >= 0.3 is 0 Å². The first-order valence-electron chi connectivity index (χ1n) is 9.64. The van der Waals surface area contributed by atoms with Crippen LogP contribution in [0.4, 0.5) is 0 Å². The number of thiocarbonyl (C=S) groups is 1. The number of pyridine rings is 1. The quantitative estimate of drug-likeness (QED) is 0.586. The van der Waals surface area contributed by atoms with Gasteiger partial charge in [-0.25, -0.2) is 0 Å². The third kappa shape index (κ3) is 3.71. The summed E-state index contributed by atoms with van der Waals surface area (Å²) in [5, 5.41) is 13.5. The summed E-state index contributed by atoms with van der Waals surface area (Å²) in [6, 6.07) is 17.8. The van der Waals surface area contributed by atoms with Crippen LogP contribution in [0, 0.1) is 0 Å². The van der Waals surface area contributed by atoms with Crippen molar-refractivity contribution < 1.29 is 9.84 Å². The number of aliphatic hydroxyl groups excluding tert-OH is 1. The molecule has 29 heavy (non-hydrogen) atoms. The first-order chi connectivity index (χ1) is 14.2. The van der Waals surface area contributed by atoms with Gasteiger partial charge in [0.2, 0.25) is 0 Å². The second-order valence-electron chi connectivity index (χ2n) is 6.87. The fraction of sp³-hybridized carbons (Fsp3) is 0.273. The molecule has 0 radical (unpaired) electrons. The number of rotatable bonds is 7. The fourth-order valence-corrected chi connectivity index (χ4v) is 4.22. The zero-order valence-electron chi connectivity index (χ0n) is 16.2. The zero-order chi connectivity index (χ0) is 20.2. The number of ether oxygens (including phenoxy) is 1. The predicted octanol–water partition coefficient (Wildman–Crippen LogP) is 3.24. The average molecular weight is 409 g/mol. The first-order valence-corrected chi connectivity index (χ1v) is 10.0. The highest BCUT2D eigenvalue weighted by Gasteiger charge is 2.41. The smallest absolute Gasteiger partial charge is 0.170 e. The molecule has 4 rings (SSSR count). The van der Waals surface area contributed by atoms with E-state index in [1.54, 1.807) is 13.3 Å². The third-order valence-corrected chi connectivity index (χ3v) is 5.54. The molecule has 6 nitrogen and oxygen atoms in total. The van der Waals surface area contributed by atoms with E-state index in [1.165, 1.54) is 0 Å². The van der Waals surface area contributed by atoms with E-state index in [4.69, 9.17) is 17.0 Å². The van der Waals surface area contributed by atoms with Crippen LogP contribution in [0.15, 0.2) is 67.0 Å². The Morgan fingerprint density at radius 1 is 1.14 bits per heavy atom. The minimum absolute atomic E-state index is 0.0659. The molecule has 1 saturated heterocycles. The van der Waals surface area contributed by atoms with E-state index in [1.807, 2.05) is 54.7 Å². The fourth-order valence-electron chi connectivity index (χ4n) is 3.89. The van der Waals surface area contributed by atoms with Crippen LogP contribution in [0.1, 0.15) is 29.9 Å². The van der Waals surface area contributed by atoms with Crippen molar-refractivity contribution in [1.82, 2.24) is 19.8 Å². The molecule has 2 aromatic heterocycles. The Kier molecular flexibility index (Phi) is 5.78. The Morgan fingerprint density at radius 3 is 2.72 bits per heavy atom. The summed E-state index contributed by atoms with van der Waals surface area (Å²) in [5.41, 5.74) is 2.98. The van der Waals surface area contributed by atoms with E-state index < -0.39 is 0 Å². The van der Waals surface area contributed by atoms with Gasteiger partial charge in [0, 0.05) is 31.2 Å². The first kappa shape index (κ1) is 19.4. The molecule has 1 aliphatic heterocycles. The van der Waals surface area contributed by atoms with E-state index in [2.05, 4.69) is 25.8 Å². The average Bonchev–Trinajstić information content (AvgIpc) is 3.37. The number of aliphatic hydroxyl groups is 1. The zero-order valence-corrected chi connectivity index (χ0v) is 17.0. The summed E-state index contributed by atoms with van der Waals surface area (Å²) in [6.07, 6.45) is 4.48. The molecule has 0 spiro atoms. The molecule has 2 N–H and O–H groups in total. The van der Waals surface area contributed by atoms with Gasteiger partial charge in [-0.15, -0.1) is 0 Å². The molecular weight excluding hydrogens is 384 g/mol. The molecule has 0 aliphatic carbocycles. The Morgan fingerprint density at radius 2 is 1.97 bits per heavy atom. The van der Waals surface area contributed by atoms with Crippen molar-refractivity contribution in [3.63, 3.8) is 0 Å². The van der Waals surface area contributed by atoms with Gasteiger partial charge in [-0.1, -0.05) is 18.2 Å². The number of para-hydroxylation sites is 2. The van der Waals surface area contributed by atoms with Crippen LogP contribution >= 0.6 is 12.2 Å². The number of nitrogens with one attached hydrogen (secondary N) is 1. The number of hydrogen-bond acceptors (Lipinski definition) is 4. The SMILES string of the molecule is COc1ccccc1-n1cccc1[C@@H]1[C@@H](c2ccccn2)NC(=S)N1CCCO. The Balaban J connectivity index is 1.81. The molecule has 3 heterocycles. The highest BCUT2D eigenvalue weighted by molar-refractivity contribution is 7.80. The van der Waals surface area contributed by atoms with Crippen molar-refractivity contribution >= 4 is 17.3 Å². The lowest BCUT2D eigenvalue weighted by Gasteiger charge is -2.29. The van der Waals surface area contributed by atoms with Crippen molar-refractivity contribution in [1.29, 1.82) is 0 Å². The maximum Gasteiger partial charge on any atom is 0.170 e. The normalized spacial score (nSPS) is 18.7. The van der Waals surface area contributed by atoms with E-state index >= 15 is 0 Å².